The lowest BCUT2D eigenvalue weighted by Gasteiger charge is -2.16. The van der Waals surface area contributed by atoms with E-state index in [9.17, 15) is 4.79 Å². The quantitative estimate of drug-likeness (QED) is 0.875. The van der Waals surface area contributed by atoms with Crippen LogP contribution in [0.3, 0.4) is 0 Å². The van der Waals surface area contributed by atoms with Crippen molar-refractivity contribution in [2.45, 2.75) is 6.54 Å². The van der Waals surface area contributed by atoms with Gasteiger partial charge in [-0.05, 0) is 29.1 Å². The fourth-order valence-corrected chi connectivity index (χ4v) is 2.56. The zero-order valence-electron chi connectivity index (χ0n) is 11.0. The van der Waals surface area contributed by atoms with Gasteiger partial charge >= 0.3 is 0 Å². The predicted molar refractivity (Wildman–Crippen MR) is 78.3 cm³/mol. The van der Waals surface area contributed by atoms with Gasteiger partial charge in [-0.1, -0.05) is 11.8 Å². The van der Waals surface area contributed by atoms with Crippen LogP contribution in [-0.2, 0) is 6.54 Å². The molecule has 2 aromatic heterocycles. The summed E-state index contributed by atoms with van der Waals surface area (Å²) in [5, 5.41) is 10.6. The molecule has 0 bridgehead atoms. The normalized spacial score (nSPS) is 9.70. The van der Waals surface area contributed by atoms with Crippen LogP contribution in [0.2, 0.25) is 0 Å². The van der Waals surface area contributed by atoms with Gasteiger partial charge in [0.05, 0.1) is 0 Å². The number of pyridine rings is 1. The third kappa shape index (κ3) is 3.44. The molecule has 0 aliphatic rings. The van der Waals surface area contributed by atoms with E-state index >= 15 is 0 Å². The van der Waals surface area contributed by atoms with Crippen molar-refractivity contribution in [2.24, 2.45) is 0 Å². The van der Waals surface area contributed by atoms with Crippen molar-refractivity contribution in [1.29, 1.82) is 0 Å². The van der Waals surface area contributed by atoms with Gasteiger partial charge < -0.3 is 10.0 Å². The number of aliphatic hydroxyl groups is 1. The molecule has 0 spiro atoms. The molecule has 4 nitrogen and oxygen atoms in total. The van der Waals surface area contributed by atoms with E-state index in [4.69, 9.17) is 5.11 Å². The molecule has 0 radical (unpaired) electrons. The third-order valence-corrected chi connectivity index (χ3v) is 3.58. The van der Waals surface area contributed by atoms with Crippen molar-refractivity contribution < 1.29 is 9.90 Å². The molecule has 0 aromatic carbocycles. The van der Waals surface area contributed by atoms with Crippen molar-refractivity contribution >= 4 is 17.2 Å². The van der Waals surface area contributed by atoms with E-state index in [1.165, 1.54) is 11.3 Å². The first-order chi connectivity index (χ1) is 9.72. The molecule has 102 valence electrons. The number of aliphatic hydroxyl groups excluding tert-OH is 1. The molecule has 0 saturated carbocycles. The Labute approximate surface area is 121 Å². The lowest BCUT2D eigenvalue weighted by Crippen LogP contribution is -2.26. The molecule has 0 saturated heterocycles. The highest BCUT2D eigenvalue weighted by Gasteiger charge is 2.16. The summed E-state index contributed by atoms with van der Waals surface area (Å²) in [6, 6.07) is 5.55. The molecule has 0 fully saturated rings. The number of nitrogens with zero attached hydrogens (tertiary/aromatic N) is 2. The molecule has 20 heavy (non-hydrogen) atoms. The van der Waals surface area contributed by atoms with Gasteiger partial charge in [-0.25, -0.2) is 0 Å². The van der Waals surface area contributed by atoms with Crippen molar-refractivity contribution in [3.8, 4) is 11.8 Å². The summed E-state index contributed by atoms with van der Waals surface area (Å²) in [5.41, 5.74) is 1.69. The second kappa shape index (κ2) is 6.85. The number of aromatic nitrogens is 1. The molecule has 0 aliphatic carbocycles. The van der Waals surface area contributed by atoms with Gasteiger partial charge in [-0.15, -0.1) is 11.3 Å². The van der Waals surface area contributed by atoms with Crippen LogP contribution in [0.15, 0.2) is 36.0 Å². The number of carbonyl (C=O) groups excluding carboxylic acids is 1. The van der Waals surface area contributed by atoms with Crippen LogP contribution in [0.1, 0.15) is 20.8 Å². The lowest BCUT2D eigenvalue weighted by molar-refractivity contribution is 0.0789. The Morgan fingerprint density at radius 1 is 1.40 bits per heavy atom. The Kier molecular flexibility index (Phi) is 4.88. The summed E-state index contributed by atoms with van der Waals surface area (Å²) in [6.45, 7) is 0.308. The van der Waals surface area contributed by atoms with E-state index in [1.54, 1.807) is 30.4 Å². The third-order valence-electron chi connectivity index (χ3n) is 2.68. The fraction of sp³-hybridized carbons (Fsp3) is 0.200. The summed E-state index contributed by atoms with van der Waals surface area (Å²) >= 11 is 1.36. The standard InChI is InChI=1S/C15H14N2O2S/c1-17(11-12-4-7-16-8-5-12)15(19)14-13(3-2-9-18)6-10-20-14/h4-8,10,18H,9,11H2,1H3. The molecule has 2 rings (SSSR count). The highest BCUT2D eigenvalue weighted by Crippen LogP contribution is 2.18. The molecular formula is C15H14N2O2S. The number of thiophene rings is 1. The fourth-order valence-electron chi connectivity index (χ4n) is 1.72. The van der Waals surface area contributed by atoms with Gasteiger partial charge in [0.25, 0.3) is 5.91 Å². The largest absolute Gasteiger partial charge is 0.384 e. The predicted octanol–water partition coefficient (Wildman–Crippen LogP) is 1.76. The molecule has 0 atom stereocenters. The minimum Gasteiger partial charge on any atom is -0.384 e. The van der Waals surface area contributed by atoms with Gasteiger partial charge in [-0.2, -0.15) is 0 Å². The van der Waals surface area contributed by atoms with E-state index in [1.807, 2.05) is 17.5 Å². The van der Waals surface area contributed by atoms with E-state index in [-0.39, 0.29) is 12.5 Å². The van der Waals surface area contributed by atoms with Crippen LogP contribution >= 0.6 is 11.3 Å². The van der Waals surface area contributed by atoms with Crippen molar-refractivity contribution in [3.05, 3.63) is 52.0 Å². The molecule has 0 unspecified atom stereocenters. The number of hydrogen-bond donors (Lipinski definition) is 1. The topological polar surface area (TPSA) is 53.4 Å². The van der Waals surface area contributed by atoms with E-state index < -0.39 is 0 Å². The summed E-state index contributed by atoms with van der Waals surface area (Å²) in [7, 11) is 1.76. The first-order valence-corrected chi connectivity index (χ1v) is 6.92. The van der Waals surface area contributed by atoms with Gasteiger partial charge in [0.2, 0.25) is 0 Å². The molecule has 2 heterocycles. The lowest BCUT2D eigenvalue weighted by atomic mass is 10.2. The van der Waals surface area contributed by atoms with Crippen molar-refractivity contribution in [3.63, 3.8) is 0 Å². The molecular weight excluding hydrogens is 272 g/mol. The molecule has 0 aliphatic heterocycles. The average Bonchev–Trinajstić information content (AvgIpc) is 2.93. The minimum absolute atomic E-state index is 0.0703. The van der Waals surface area contributed by atoms with Crippen molar-refractivity contribution in [1.82, 2.24) is 9.88 Å². The molecule has 5 heteroatoms. The van der Waals surface area contributed by atoms with Gasteiger partial charge in [0.15, 0.2) is 0 Å². The maximum atomic E-state index is 12.4. The maximum Gasteiger partial charge on any atom is 0.265 e. The molecule has 1 N–H and O–H groups in total. The van der Waals surface area contributed by atoms with E-state index in [0.717, 1.165) is 5.56 Å². The highest BCUT2D eigenvalue weighted by atomic mass is 32.1. The van der Waals surface area contributed by atoms with Crippen LogP contribution in [0, 0.1) is 11.8 Å². The number of rotatable bonds is 3. The zero-order chi connectivity index (χ0) is 14.4. The first-order valence-electron chi connectivity index (χ1n) is 6.04. The minimum atomic E-state index is -0.212. The molecule has 1 amide bonds. The molecule has 2 aromatic rings. The van der Waals surface area contributed by atoms with Crippen LogP contribution in [0.25, 0.3) is 0 Å². The van der Waals surface area contributed by atoms with Crippen LogP contribution in [0.5, 0.6) is 0 Å². The van der Waals surface area contributed by atoms with Gasteiger partial charge in [0.1, 0.15) is 11.5 Å². The second-order valence-corrected chi connectivity index (χ2v) is 5.06. The van der Waals surface area contributed by atoms with Gasteiger partial charge in [0, 0.05) is 31.5 Å². The Hall–Kier alpha value is -2.16. The maximum absolute atomic E-state index is 12.4. The second-order valence-electron chi connectivity index (χ2n) is 4.14. The van der Waals surface area contributed by atoms with Crippen LogP contribution in [-0.4, -0.2) is 34.6 Å². The van der Waals surface area contributed by atoms with Gasteiger partial charge in [-0.3, -0.25) is 9.78 Å². The smallest absolute Gasteiger partial charge is 0.265 e. The van der Waals surface area contributed by atoms with Crippen LogP contribution in [0.4, 0.5) is 0 Å². The first kappa shape index (κ1) is 14.3. The monoisotopic (exact) mass is 286 g/mol. The highest BCUT2D eigenvalue weighted by molar-refractivity contribution is 7.12. The summed E-state index contributed by atoms with van der Waals surface area (Å²) in [5.74, 6) is 5.29. The Balaban J connectivity index is 2.13. The van der Waals surface area contributed by atoms with Crippen LogP contribution < -0.4 is 0 Å². The Morgan fingerprint density at radius 3 is 2.85 bits per heavy atom. The number of hydrogen-bond acceptors (Lipinski definition) is 4. The summed E-state index contributed by atoms with van der Waals surface area (Å²) in [4.78, 5) is 18.6. The SMILES string of the molecule is CN(Cc1ccncc1)C(=O)c1sccc1C#CCO. The Morgan fingerprint density at radius 2 is 2.15 bits per heavy atom. The summed E-state index contributed by atoms with van der Waals surface area (Å²) < 4.78 is 0. The zero-order valence-corrected chi connectivity index (χ0v) is 11.9. The van der Waals surface area contributed by atoms with Crippen molar-refractivity contribution in [2.75, 3.05) is 13.7 Å². The number of carbonyl (C=O) groups is 1. The van der Waals surface area contributed by atoms with E-state index in [0.29, 0.717) is 17.0 Å². The van der Waals surface area contributed by atoms with E-state index in [2.05, 4.69) is 16.8 Å². The Bertz CT molecular complexity index is 641. The average molecular weight is 286 g/mol. The number of amides is 1. The summed E-state index contributed by atoms with van der Waals surface area (Å²) in [6.07, 6.45) is 3.41.